The summed E-state index contributed by atoms with van der Waals surface area (Å²) in [6.07, 6.45) is 2.92. The molecule has 3 heteroatoms. The Morgan fingerprint density at radius 2 is 2.23 bits per heavy atom. The molecule has 0 saturated heterocycles. The Labute approximate surface area is 87.5 Å². The molecule has 1 rings (SSSR count). The summed E-state index contributed by atoms with van der Waals surface area (Å²) in [5, 5.41) is 0. The van der Waals surface area contributed by atoms with E-state index in [2.05, 4.69) is 34.8 Å². The molecular formula is C10H14BrNO. The van der Waals surface area contributed by atoms with Gasteiger partial charge in [0.1, 0.15) is 4.60 Å². The van der Waals surface area contributed by atoms with Crippen molar-refractivity contribution in [3.8, 4) is 5.75 Å². The standard InChI is InChI=1S/C10H14BrNO/c1-7(2)4-8-5-9(13-3)10(11)12-6-8/h5-7H,4H2,1-3H3. The molecule has 0 radical (unpaired) electrons. The van der Waals surface area contributed by atoms with Crippen LogP contribution in [0.15, 0.2) is 16.9 Å². The lowest BCUT2D eigenvalue weighted by Gasteiger charge is -2.07. The average Bonchev–Trinajstić information content (AvgIpc) is 2.07. The summed E-state index contributed by atoms with van der Waals surface area (Å²) in [7, 11) is 1.65. The number of nitrogens with zero attached hydrogens (tertiary/aromatic N) is 1. The maximum Gasteiger partial charge on any atom is 0.151 e. The Balaban J connectivity index is 2.86. The van der Waals surface area contributed by atoms with E-state index in [9.17, 15) is 0 Å². The van der Waals surface area contributed by atoms with Gasteiger partial charge in [0.05, 0.1) is 7.11 Å². The van der Waals surface area contributed by atoms with Crippen molar-refractivity contribution in [2.24, 2.45) is 5.92 Å². The van der Waals surface area contributed by atoms with Crippen molar-refractivity contribution in [2.45, 2.75) is 20.3 Å². The van der Waals surface area contributed by atoms with Gasteiger partial charge in [0, 0.05) is 6.20 Å². The minimum Gasteiger partial charge on any atom is -0.494 e. The molecule has 0 bridgehead atoms. The third kappa shape index (κ3) is 2.99. The predicted octanol–water partition coefficient (Wildman–Crippen LogP) is 3.05. The fourth-order valence-corrected chi connectivity index (χ4v) is 1.57. The summed E-state index contributed by atoms with van der Waals surface area (Å²) >= 11 is 3.32. The molecule has 0 spiro atoms. The Morgan fingerprint density at radius 3 is 2.77 bits per heavy atom. The predicted molar refractivity (Wildman–Crippen MR) is 57.0 cm³/mol. The Hall–Kier alpha value is -0.570. The largest absolute Gasteiger partial charge is 0.494 e. The molecule has 13 heavy (non-hydrogen) atoms. The maximum atomic E-state index is 5.16. The number of rotatable bonds is 3. The van der Waals surface area contributed by atoms with Gasteiger partial charge in [0.15, 0.2) is 5.75 Å². The van der Waals surface area contributed by atoms with Crippen molar-refractivity contribution < 1.29 is 4.74 Å². The van der Waals surface area contributed by atoms with Crippen LogP contribution in [0.3, 0.4) is 0 Å². The Morgan fingerprint density at radius 1 is 1.54 bits per heavy atom. The van der Waals surface area contributed by atoms with Gasteiger partial charge in [-0.25, -0.2) is 4.98 Å². The van der Waals surface area contributed by atoms with Crippen LogP contribution in [0.5, 0.6) is 5.75 Å². The number of pyridine rings is 1. The molecule has 0 saturated carbocycles. The summed E-state index contributed by atoms with van der Waals surface area (Å²) in [5.41, 5.74) is 1.22. The molecule has 0 amide bonds. The molecule has 72 valence electrons. The van der Waals surface area contributed by atoms with Gasteiger partial charge in [-0.1, -0.05) is 13.8 Å². The van der Waals surface area contributed by atoms with Crippen molar-refractivity contribution in [1.82, 2.24) is 4.98 Å². The average molecular weight is 244 g/mol. The Kier molecular flexibility index (Phi) is 3.72. The van der Waals surface area contributed by atoms with E-state index in [1.54, 1.807) is 7.11 Å². The smallest absolute Gasteiger partial charge is 0.151 e. The van der Waals surface area contributed by atoms with E-state index in [0.29, 0.717) is 5.92 Å². The molecule has 1 heterocycles. The minimum absolute atomic E-state index is 0.646. The lowest BCUT2D eigenvalue weighted by Crippen LogP contribution is -1.96. The van der Waals surface area contributed by atoms with Crippen LogP contribution < -0.4 is 4.74 Å². The van der Waals surface area contributed by atoms with Gasteiger partial charge in [-0.3, -0.25) is 0 Å². The highest BCUT2D eigenvalue weighted by atomic mass is 79.9. The second kappa shape index (κ2) is 4.61. The van der Waals surface area contributed by atoms with Crippen molar-refractivity contribution in [3.05, 3.63) is 22.4 Å². The molecule has 0 fully saturated rings. The van der Waals surface area contributed by atoms with E-state index in [4.69, 9.17) is 4.74 Å². The van der Waals surface area contributed by atoms with Gasteiger partial charge in [0.2, 0.25) is 0 Å². The molecule has 0 N–H and O–H groups in total. The van der Waals surface area contributed by atoms with Crippen LogP contribution in [-0.2, 0) is 6.42 Å². The van der Waals surface area contributed by atoms with Crippen LogP contribution >= 0.6 is 15.9 Å². The van der Waals surface area contributed by atoms with Crippen LogP contribution in [-0.4, -0.2) is 12.1 Å². The summed E-state index contributed by atoms with van der Waals surface area (Å²) in [6.45, 7) is 4.38. The molecule has 0 aliphatic carbocycles. The first-order valence-electron chi connectivity index (χ1n) is 4.32. The fourth-order valence-electron chi connectivity index (χ4n) is 1.19. The highest BCUT2D eigenvalue weighted by Gasteiger charge is 2.04. The zero-order valence-corrected chi connectivity index (χ0v) is 9.76. The Bertz CT molecular complexity index is 286. The van der Waals surface area contributed by atoms with E-state index in [-0.39, 0.29) is 0 Å². The number of methoxy groups -OCH3 is 1. The van der Waals surface area contributed by atoms with Crippen LogP contribution in [0.1, 0.15) is 19.4 Å². The highest BCUT2D eigenvalue weighted by Crippen LogP contribution is 2.23. The molecule has 0 atom stereocenters. The van der Waals surface area contributed by atoms with Crippen LogP contribution in [0.25, 0.3) is 0 Å². The van der Waals surface area contributed by atoms with Gasteiger partial charge in [0.25, 0.3) is 0 Å². The number of hydrogen-bond donors (Lipinski definition) is 0. The lowest BCUT2D eigenvalue weighted by atomic mass is 10.1. The maximum absolute atomic E-state index is 5.16. The summed E-state index contributed by atoms with van der Waals surface area (Å²) in [6, 6.07) is 2.02. The molecule has 1 aromatic rings. The minimum atomic E-state index is 0.646. The number of hydrogen-bond acceptors (Lipinski definition) is 2. The highest BCUT2D eigenvalue weighted by molar-refractivity contribution is 9.10. The molecule has 1 aromatic heterocycles. The first-order chi connectivity index (χ1) is 6.13. The normalized spacial score (nSPS) is 10.5. The topological polar surface area (TPSA) is 22.1 Å². The monoisotopic (exact) mass is 243 g/mol. The van der Waals surface area contributed by atoms with E-state index >= 15 is 0 Å². The van der Waals surface area contributed by atoms with Crippen molar-refractivity contribution >= 4 is 15.9 Å². The summed E-state index contributed by atoms with van der Waals surface area (Å²) < 4.78 is 5.92. The van der Waals surface area contributed by atoms with E-state index in [1.807, 2.05) is 12.3 Å². The lowest BCUT2D eigenvalue weighted by molar-refractivity contribution is 0.408. The van der Waals surface area contributed by atoms with Gasteiger partial charge >= 0.3 is 0 Å². The number of halogens is 1. The number of aromatic nitrogens is 1. The van der Waals surface area contributed by atoms with E-state index in [0.717, 1.165) is 16.8 Å². The molecule has 2 nitrogen and oxygen atoms in total. The van der Waals surface area contributed by atoms with Gasteiger partial charge in [-0.2, -0.15) is 0 Å². The third-order valence-corrected chi connectivity index (χ3v) is 2.32. The van der Waals surface area contributed by atoms with Crippen LogP contribution in [0.2, 0.25) is 0 Å². The number of ether oxygens (including phenoxy) is 1. The van der Waals surface area contributed by atoms with Crippen molar-refractivity contribution in [3.63, 3.8) is 0 Å². The zero-order valence-electron chi connectivity index (χ0n) is 8.17. The molecule has 0 aliphatic heterocycles. The SMILES string of the molecule is COc1cc(CC(C)C)cnc1Br. The quantitative estimate of drug-likeness (QED) is 0.762. The first-order valence-corrected chi connectivity index (χ1v) is 5.11. The van der Waals surface area contributed by atoms with Crippen molar-refractivity contribution in [1.29, 1.82) is 0 Å². The second-order valence-corrected chi connectivity index (χ2v) is 4.19. The third-order valence-electron chi connectivity index (χ3n) is 1.73. The second-order valence-electron chi connectivity index (χ2n) is 3.43. The van der Waals surface area contributed by atoms with E-state index in [1.165, 1.54) is 5.56 Å². The first kappa shape index (κ1) is 10.5. The van der Waals surface area contributed by atoms with Gasteiger partial charge in [-0.05, 0) is 39.9 Å². The van der Waals surface area contributed by atoms with Gasteiger partial charge < -0.3 is 4.74 Å². The fraction of sp³-hybridized carbons (Fsp3) is 0.500. The molecular weight excluding hydrogens is 230 g/mol. The van der Waals surface area contributed by atoms with Crippen molar-refractivity contribution in [2.75, 3.05) is 7.11 Å². The van der Waals surface area contributed by atoms with Gasteiger partial charge in [-0.15, -0.1) is 0 Å². The molecule has 0 aromatic carbocycles. The molecule has 0 unspecified atom stereocenters. The van der Waals surface area contributed by atoms with Crippen LogP contribution in [0.4, 0.5) is 0 Å². The van der Waals surface area contributed by atoms with E-state index < -0.39 is 0 Å². The summed E-state index contributed by atoms with van der Waals surface area (Å²) in [4.78, 5) is 4.19. The summed E-state index contributed by atoms with van der Waals surface area (Å²) in [5.74, 6) is 1.45. The molecule has 0 aliphatic rings. The zero-order chi connectivity index (χ0) is 9.84. The van der Waals surface area contributed by atoms with Crippen LogP contribution in [0, 0.1) is 5.92 Å².